The Balaban J connectivity index is 1.83. The van der Waals surface area contributed by atoms with E-state index >= 15 is 0 Å². The minimum atomic E-state index is 0.0602. The molecule has 2 aromatic carbocycles. The second-order valence-corrected chi connectivity index (χ2v) is 6.63. The monoisotopic (exact) mass is 329 g/mol. The van der Waals surface area contributed by atoms with Crippen molar-refractivity contribution in [2.75, 3.05) is 0 Å². The number of rotatable bonds is 3. The van der Waals surface area contributed by atoms with Crippen molar-refractivity contribution in [3.63, 3.8) is 0 Å². The number of Topliss-reactive ketones (excluding diaryl/α,β-unsaturated/α-hetero) is 1. The number of thiophene rings is 1. The summed E-state index contributed by atoms with van der Waals surface area (Å²) in [6, 6.07) is 22.2. The maximum Gasteiger partial charge on any atom is 0.160 e. The van der Waals surface area contributed by atoms with Crippen molar-refractivity contribution in [1.82, 2.24) is 4.98 Å². The fourth-order valence-corrected chi connectivity index (χ4v) is 3.60. The summed E-state index contributed by atoms with van der Waals surface area (Å²) >= 11 is 1.73. The summed E-state index contributed by atoms with van der Waals surface area (Å²) in [6.07, 6.45) is 0. The van der Waals surface area contributed by atoms with E-state index in [0.29, 0.717) is 0 Å². The first-order valence-corrected chi connectivity index (χ1v) is 8.65. The van der Waals surface area contributed by atoms with Gasteiger partial charge in [-0.2, -0.15) is 0 Å². The molecule has 4 aromatic rings. The lowest BCUT2D eigenvalue weighted by Gasteiger charge is -2.08. The smallest absolute Gasteiger partial charge is 0.160 e. The maximum atomic E-state index is 12.0. The number of carbonyl (C=O) groups is 1. The average molecular weight is 329 g/mol. The van der Waals surface area contributed by atoms with E-state index in [0.717, 1.165) is 27.7 Å². The van der Waals surface area contributed by atoms with Gasteiger partial charge in [-0.05, 0) is 36.1 Å². The third-order valence-electron chi connectivity index (χ3n) is 4.08. The van der Waals surface area contributed by atoms with E-state index in [1.807, 2.05) is 30.3 Å². The van der Waals surface area contributed by atoms with Crippen LogP contribution in [0.25, 0.3) is 32.6 Å². The molecule has 0 fully saturated rings. The van der Waals surface area contributed by atoms with Crippen LogP contribution in [0.5, 0.6) is 0 Å². The predicted octanol–water partition coefficient (Wildman–Crippen LogP) is 5.83. The van der Waals surface area contributed by atoms with Crippen LogP contribution in [0.15, 0.2) is 72.1 Å². The molecule has 0 aliphatic heterocycles. The largest absolute Gasteiger partial charge is 0.294 e. The molecule has 0 bridgehead atoms. The van der Waals surface area contributed by atoms with Crippen molar-refractivity contribution in [2.24, 2.45) is 0 Å². The van der Waals surface area contributed by atoms with Gasteiger partial charge in [0.15, 0.2) is 5.78 Å². The highest BCUT2D eigenvalue weighted by molar-refractivity contribution is 7.13. The summed E-state index contributed by atoms with van der Waals surface area (Å²) in [7, 11) is 0. The summed E-state index contributed by atoms with van der Waals surface area (Å²) in [6.45, 7) is 1.60. The highest BCUT2D eigenvalue weighted by Gasteiger charge is 2.10. The zero-order valence-corrected chi connectivity index (χ0v) is 14.0. The lowest BCUT2D eigenvalue weighted by Crippen LogP contribution is -1.97. The lowest BCUT2D eigenvalue weighted by atomic mass is 10.0. The van der Waals surface area contributed by atoms with E-state index in [2.05, 4.69) is 41.8 Å². The molecule has 0 spiro atoms. The molecular weight excluding hydrogens is 314 g/mol. The van der Waals surface area contributed by atoms with Crippen LogP contribution in [0.4, 0.5) is 0 Å². The molecule has 116 valence electrons. The van der Waals surface area contributed by atoms with E-state index < -0.39 is 0 Å². The Labute approximate surface area is 144 Å². The van der Waals surface area contributed by atoms with Crippen LogP contribution >= 0.6 is 11.3 Å². The molecule has 0 aliphatic rings. The number of hydrogen-bond donors (Lipinski definition) is 0. The number of para-hydroxylation sites is 1. The molecule has 4 rings (SSSR count). The highest BCUT2D eigenvalue weighted by atomic mass is 32.1. The molecule has 24 heavy (non-hydrogen) atoms. The number of aromatic nitrogens is 1. The van der Waals surface area contributed by atoms with Crippen molar-refractivity contribution < 1.29 is 4.79 Å². The van der Waals surface area contributed by atoms with Crippen LogP contribution in [0, 0.1) is 0 Å². The van der Waals surface area contributed by atoms with Gasteiger partial charge < -0.3 is 0 Å². The number of carbonyl (C=O) groups excluding carboxylic acids is 1. The topological polar surface area (TPSA) is 30.0 Å². The summed E-state index contributed by atoms with van der Waals surface area (Å²) in [4.78, 5) is 18.0. The predicted molar refractivity (Wildman–Crippen MR) is 100 cm³/mol. The van der Waals surface area contributed by atoms with Crippen LogP contribution in [-0.4, -0.2) is 10.8 Å². The zero-order valence-electron chi connectivity index (χ0n) is 13.2. The normalized spacial score (nSPS) is 10.9. The number of pyridine rings is 1. The van der Waals surface area contributed by atoms with Gasteiger partial charge in [0.1, 0.15) is 0 Å². The van der Waals surface area contributed by atoms with E-state index in [9.17, 15) is 4.79 Å². The Hall–Kier alpha value is -2.78. The van der Waals surface area contributed by atoms with Crippen LogP contribution in [0.3, 0.4) is 0 Å². The van der Waals surface area contributed by atoms with Gasteiger partial charge in [0.25, 0.3) is 0 Å². The van der Waals surface area contributed by atoms with Crippen molar-refractivity contribution >= 4 is 28.0 Å². The summed E-state index contributed by atoms with van der Waals surface area (Å²) in [5.41, 5.74) is 4.61. The second kappa shape index (κ2) is 6.02. The van der Waals surface area contributed by atoms with Gasteiger partial charge in [0, 0.05) is 21.4 Å². The Morgan fingerprint density at radius 3 is 2.38 bits per heavy atom. The molecule has 2 aromatic heterocycles. The Morgan fingerprint density at radius 1 is 0.917 bits per heavy atom. The Morgan fingerprint density at radius 2 is 1.67 bits per heavy atom. The van der Waals surface area contributed by atoms with Gasteiger partial charge in [-0.15, -0.1) is 11.3 Å². The number of hydrogen-bond acceptors (Lipinski definition) is 3. The average Bonchev–Trinajstić information content (AvgIpc) is 3.15. The number of fused-ring (bicyclic) bond motifs is 1. The minimum Gasteiger partial charge on any atom is -0.294 e. The first kappa shape index (κ1) is 14.8. The zero-order chi connectivity index (χ0) is 16.5. The maximum absolute atomic E-state index is 12.0. The summed E-state index contributed by atoms with van der Waals surface area (Å²) in [5.74, 6) is 0.0602. The second-order valence-electron chi connectivity index (χ2n) is 5.68. The van der Waals surface area contributed by atoms with Gasteiger partial charge in [-0.1, -0.05) is 48.5 Å². The van der Waals surface area contributed by atoms with Crippen LogP contribution in [-0.2, 0) is 0 Å². The van der Waals surface area contributed by atoms with Crippen LogP contribution < -0.4 is 0 Å². The van der Waals surface area contributed by atoms with Gasteiger partial charge in [-0.3, -0.25) is 4.79 Å². The number of benzene rings is 2. The molecule has 0 saturated carbocycles. The molecule has 2 nitrogen and oxygen atoms in total. The van der Waals surface area contributed by atoms with Gasteiger partial charge in [0.2, 0.25) is 0 Å². The molecule has 0 amide bonds. The van der Waals surface area contributed by atoms with Crippen molar-refractivity contribution in [2.45, 2.75) is 6.92 Å². The molecule has 2 heterocycles. The third kappa shape index (κ3) is 2.63. The molecule has 0 radical (unpaired) electrons. The summed E-state index contributed by atoms with van der Waals surface area (Å²) < 4.78 is 0. The minimum absolute atomic E-state index is 0.0602. The molecule has 0 saturated heterocycles. The summed E-state index contributed by atoms with van der Waals surface area (Å²) in [5, 5.41) is 2.98. The number of ketones is 1. The molecule has 0 atom stereocenters. The SMILES string of the molecule is CC(=O)c1cc(-c2ccc(-c3cccs3)cc2)nc2ccccc12. The fourth-order valence-electron chi connectivity index (χ4n) is 2.86. The van der Waals surface area contributed by atoms with E-state index in [4.69, 9.17) is 4.98 Å². The first-order valence-electron chi connectivity index (χ1n) is 7.77. The van der Waals surface area contributed by atoms with Crippen molar-refractivity contribution in [3.05, 3.63) is 77.7 Å². The van der Waals surface area contributed by atoms with E-state index in [-0.39, 0.29) is 5.78 Å². The van der Waals surface area contributed by atoms with Crippen molar-refractivity contribution in [1.29, 1.82) is 0 Å². The first-order chi connectivity index (χ1) is 11.7. The molecule has 0 aliphatic carbocycles. The van der Waals surface area contributed by atoms with E-state index in [1.165, 1.54) is 10.4 Å². The highest BCUT2D eigenvalue weighted by Crippen LogP contribution is 2.29. The van der Waals surface area contributed by atoms with Crippen LogP contribution in [0.1, 0.15) is 17.3 Å². The Kier molecular flexibility index (Phi) is 3.71. The fraction of sp³-hybridized carbons (Fsp3) is 0.0476. The molecular formula is C21H15NOS. The Bertz CT molecular complexity index is 1020. The van der Waals surface area contributed by atoms with Crippen molar-refractivity contribution in [3.8, 4) is 21.7 Å². The van der Waals surface area contributed by atoms with Crippen LogP contribution in [0.2, 0.25) is 0 Å². The lowest BCUT2D eigenvalue weighted by molar-refractivity contribution is 0.101. The van der Waals surface area contributed by atoms with Gasteiger partial charge in [0.05, 0.1) is 11.2 Å². The molecule has 0 unspecified atom stereocenters. The quantitative estimate of drug-likeness (QED) is 0.442. The molecule has 0 N–H and O–H groups in total. The van der Waals surface area contributed by atoms with Gasteiger partial charge in [-0.25, -0.2) is 4.98 Å². The third-order valence-corrected chi connectivity index (χ3v) is 5.00. The van der Waals surface area contributed by atoms with Gasteiger partial charge >= 0.3 is 0 Å². The molecule has 3 heteroatoms. The van der Waals surface area contributed by atoms with E-state index in [1.54, 1.807) is 18.3 Å². The number of nitrogens with zero attached hydrogens (tertiary/aromatic N) is 1. The standard InChI is InChI=1S/C21H15NOS/c1-14(23)18-13-20(22-19-6-3-2-5-17(18)19)15-8-10-16(11-9-15)21-7-4-12-24-21/h2-13H,1H3.